The van der Waals surface area contributed by atoms with Crippen LogP contribution in [0.15, 0.2) is 91.0 Å². The van der Waals surface area contributed by atoms with Crippen LogP contribution >= 0.6 is 11.8 Å². The summed E-state index contributed by atoms with van der Waals surface area (Å²) in [6.07, 6.45) is -1.74. The number of thioether (sulfide) groups is 1. The summed E-state index contributed by atoms with van der Waals surface area (Å²) in [4.78, 5) is 36.5. The lowest BCUT2D eigenvalue weighted by Crippen LogP contribution is -2.43. The fourth-order valence-corrected chi connectivity index (χ4v) is 6.25. The Morgan fingerprint density at radius 2 is 1.53 bits per heavy atom. The van der Waals surface area contributed by atoms with Crippen LogP contribution in [0.1, 0.15) is 40.0 Å². The molecule has 1 saturated heterocycles. The third kappa shape index (κ3) is 8.85. The number of aliphatic carboxylic acids is 1. The van der Waals surface area contributed by atoms with Crippen molar-refractivity contribution in [3.05, 3.63) is 113 Å². The zero-order chi connectivity index (χ0) is 31.8. The Morgan fingerprint density at radius 3 is 2.13 bits per heavy atom. The van der Waals surface area contributed by atoms with E-state index in [0.29, 0.717) is 36.1 Å². The van der Waals surface area contributed by atoms with E-state index in [1.54, 1.807) is 0 Å². The van der Waals surface area contributed by atoms with Crippen molar-refractivity contribution in [2.75, 3.05) is 23.7 Å². The minimum absolute atomic E-state index is 0.0550. The number of nitrogens with one attached hydrogen (secondary N) is 1. The van der Waals surface area contributed by atoms with E-state index in [1.807, 2.05) is 53.4 Å². The number of benzene rings is 3. The highest BCUT2D eigenvalue weighted by Gasteiger charge is 2.30. The highest BCUT2D eigenvalue weighted by molar-refractivity contribution is 7.98. The average molecular weight is 635 g/mol. The smallest absolute Gasteiger partial charge is 0.416 e. The number of carboxylic acids is 1. The lowest BCUT2D eigenvalue weighted by Gasteiger charge is -2.33. The number of rotatable bonds is 11. The van der Waals surface area contributed by atoms with Gasteiger partial charge in [0.15, 0.2) is 5.82 Å². The molecule has 1 aromatic heterocycles. The molecule has 1 aliphatic rings. The molecule has 4 aromatic rings. The first kappa shape index (κ1) is 32.0. The highest BCUT2D eigenvalue weighted by atomic mass is 32.2. The van der Waals surface area contributed by atoms with Crippen molar-refractivity contribution in [1.82, 2.24) is 15.3 Å². The van der Waals surface area contributed by atoms with E-state index in [9.17, 15) is 27.9 Å². The minimum Gasteiger partial charge on any atom is -0.480 e. The van der Waals surface area contributed by atoms with Gasteiger partial charge in [-0.05, 0) is 48.4 Å². The maximum Gasteiger partial charge on any atom is 0.416 e. The molecule has 1 aliphatic heterocycles. The Bertz CT molecular complexity index is 1580. The van der Waals surface area contributed by atoms with Crippen LogP contribution in [0.5, 0.6) is 0 Å². The van der Waals surface area contributed by atoms with E-state index in [0.717, 1.165) is 37.0 Å². The number of aromatic nitrogens is 2. The number of anilines is 1. The van der Waals surface area contributed by atoms with Crippen LogP contribution in [0, 0.1) is 5.92 Å². The number of amides is 1. The lowest BCUT2D eigenvalue weighted by molar-refractivity contribution is -0.139. The topological polar surface area (TPSA) is 95.4 Å². The summed E-state index contributed by atoms with van der Waals surface area (Å²) in [7, 11) is 0. The molecule has 11 heteroatoms. The molecule has 0 aliphatic carbocycles. The van der Waals surface area contributed by atoms with Gasteiger partial charge in [0.2, 0.25) is 0 Å². The summed E-state index contributed by atoms with van der Waals surface area (Å²) in [5.41, 5.74) is 1.76. The van der Waals surface area contributed by atoms with Crippen molar-refractivity contribution in [2.24, 2.45) is 5.92 Å². The minimum atomic E-state index is -4.50. The van der Waals surface area contributed by atoms with Crippen molar-refractivity contribution in [3.63, 3.8) is 0 Å². The Labute approximate surface area is 263 Å². The van der Waals surface area contributed by atoms with E-state index < -0.39 is 29.7 Å². The highest BCUT2D eigenvalue weighted by Crippen LogP contribution is 2.31. The number of carbonyl (C=O) groups excluding carboxylic acids is 1. The van der Waals surface area contributed by atoms with Crippen LogP contribution < -0.4 is 10.2 Å². The molecular formula is C34H33F3N4O3S. The van der Waals surface area contributed by atoms with E-state index in [1.165, 1.54) is 35.5 Å². The number of piperidine rings is 1. The van der Waals surface area contributed by atoms with Gasteiger partial charge in [-0.2, -0.15) is 24.9 Å². The molecule has 1 fully saturated rings. The molecule has 0 radical (unpaired) electrons. The summed E-state index contributed by atoms with van der Waals surface area (Å²) < 4.78 is 39.6. The normalized spacial score (nSPS) is 14.6. The van der Waals surface area contributed by atoms with Crippen molar-refractivity contribution < 1.29 is 27.9 Å². The number of carboxylic acid groups (broad SMARTS) is 1. The second kappa shape index (κ2) is 14.6. The molecule has 0 spiro atoms. The lowest BCUT2D eigenvalue weighted by atomic mass is 9.90. The SMILES string of the molecule is O=C(N[C@@H](CSCc1ccccc1)C(=O)O)c1cc(N2CCC(Cc3ccccc3)CC2)nc(-c2ccc(C(F)(F)F)cc2)n1. The fourth-order valence-electron chi connectivity index (χ4n) is 5.24. The molecule has 7 nitrogen and oxygen atoms in total. The molecule has 2 heterocycles. The molecule has 0 bridgehead atoms. The quantitative estimate of drug-likeness (QED) is 0.189. The fraction of sp³-hybridized carbons (Fsp3) is 0.294. The van der Waals surface area contributed by atoms with Gasteiger partial charge in [-0.1, -0.05) is 72.8 Å². The van der Waals surface area contributed by atoms with Gasteiger partial charge >= 0.3 is 12.1 Å². The van der Waals surface area contributed by atoms with E-state index in [4.69, 9.17) is 0 Å². The number of alkyl halides is 3. The van der Waals surface area contributed by atoms with Gasteiger partial charge in [-0.3, -0.25) is 4.79 Å². The summed E-state index contributed by atoms with van der Waals surface area (Å²) >= 11 is 1.38. The Kier molecular flexibility index (Phi) is 10.4. The van der Waals surface area contributed by atoms with Crippen molar-refractivity contribution in [1.29, 1.82) is 0 Å². The number of nitrogens with zero attached hydrogens (tertiary/aromatic N) is 3. The van der Waals surface area contributed by atoms with Gasteiger partial charge in [0.25, 0.3) is 5.91 Å². The Balaban J connectivity index is 1.35. The Morgan fingerprint density at radius 1 is 0.911 bits per heavy atom. The maximum absolute atomic E-state index is 13.4. The van der Waals surface area contributed by atoms with Gasteiger partial charge in [0.1, 0.15) is 17.6 Å². The first-order valence-electron chi connectivity index (χ1n) is 14.7. The molecule has 3 aromatic carbocycles. The first-order chi connectivity index (χ1) is 21.7. The first-order valence-corrected chi connectivity index (χ1v) is 15.8. The average Bonchev–Trinajstić information content (AvgIpc) is 3.05. The monoisotopic (exact) mass is 634 g/mol. The van der Waals surface area contributed by atoms with Gasteiger partial charge in [0, 0.05) is 36.2 Å². The van der Waals surface area contributed by atoms with E-state index in [2.05, 4.69) is 27.4 Å². The number of hydrogen-bond donors (Lipinski definition) is 2. The number of hydrogen-bond acceptors (Lipinski definition) is 6. The molecule has 1 amide bonds. The molecule has 45 heavy (non-hydrogen) atoms. The molecule has 2 N–H and O–H groups in total. The number of carbonyl (C=O) groups is 2. The molecular weight excluding hydrogens is 601 g/mol. The third-order valence-electron chi connectivity index (χ3n) is 7.72. The largest absolute Gasteiger partial charge is 0.480 e. The predicted octanol–water partition coefficient (Wildman–Crippen LogP) is 6.74. The standard InChI is InChI=1S/C34H33F3N4O3S/c35-34(36,37)27-13-11-26(12-14-27)31-38-28(32(42)39-29(33(43)44)22-45-21-25-9-5-2-6-10-25)20-30(40-31)41-17-15-24(16-18-41)19-23-7-3-1-4-8-23/h1-14,20,24,29H,15-19,21-22H2,(H,39,42)(H,43,44)/t29-/m0/s1. The van der Waals surface area contributed by atoms with Crippen LogP contribution in [0.25, 0.3) is 11.4 Å². The second-order valence-corrected chi connectivity index (χ2v) is 12.0. The summed E-state index contributed by atoms with van der Waals surface area (Å²) in [6, 6.07) is 24.7. The zero-order valence-electron chi connectivity index (χ0n) is 24.4. The van der Waals surface area contributed by atoms with Crippen molar-refractivity contribution >= 4 is 29.5 Å². The number of halogens is 3. The third-order valence-corrected chi connectivity index (χ3v) is 8.83. The van der Waals surface area contributed by atoms with Crippen LogP contribution in [-0.2, 0) is 23.1 Å². The molecule has 234 valence electrons. The van der Waals surface area contributed by atoms with Crippen LogP contribution in [0.3, 0.4) is 0 Å². The van der Waals surface area contributed by atoms with E-state index in [-0.39, 0.29) is 17.3 Å². The summed E-state index contributed by atoms with van der Waals surface area (Å²) in [6.45, 7) is 1.35. The molecule has 0 saturated carbocycles. The van der Waals surface area contributed by atoms with Crippen LogP contribution in [0.2, 0.25) is 0 Å². The van der Waals surface area contributed by atoms with Gasteiger partial charge in [-0.15, -0.1) is 0 Å². The van der Waals surface area contributed by atoms with Gasteiger partial charge in [0.05, 0.1) is 5.56 Å². The van der Waals surface area contributed by atoms with Gasteiger partial charge < -0.3 is 15.3 Å². The van der Waals surface area contributed by atoms with Crippen LogP contribution in [-0.4, -0.2) is 51.8 Å². The summed E-state index contributed by atoms with van der Waals surface area (Å²) in [5.74, 6) is -0.130. The Hall–Kier alpha value is -4.38. The van der Waals surface area contributed by atoms with Crippen molar-refractivity contribution in [3.8, 4) is 11.4 Å². The second-order valence-electron chi connectivity index (χ2n) is 11.0. The predicted molar refractivity (Wildman–Crippen MR) is 169 cm³/mol. The molecule has 1 atom stereocenters. The zero-order valence-corrected chi connectivity index (χ0v) is 25.2. The van der Waals surface area contributed by atoms with Crippen LogP contribution in [0.4, 0.5) is 19.0 Å². The van der Waals surface area contributed by atoms with Crippen molar-refractivity contribution in [2.45, 2.75) is 37.2 Å². The van der Waals surface area contributed by atoms with E-state index >= 15 is 0 Å². The summed E-state index contributed by atoms with van der Waals surface area (Å²) in [5, 5.41) is 12.4. The van der Waals surface area contributed by atoms with Gasteiger partial charge in [-0.25, -0.2) is 14.8 Å². The maximum atomic E-state index is 13.4. The molecule has 5 rings (SSSR count). The molecule has 0 unspecified atom stereocenters.